The largest absolute Gasteiger partial charge is 0.348 e. The highest BCUT2D eigenvalue weighted by molar-refractivity contribution is 6.33. The fourth-order valence-corrected chi connectivity index (χ4v) is 4.49. The summed E-state index contributed by atoms with van der Waals surface area (Å²) in [4.78, 5) is 27.3. The minimum atomic E-state index is -0.0180. The topological polar surface area (TPSA) is 67.1 Å². The zero-order chi connectivity index (χ0) is 19.9. The maximum atomic E-state index is 12.4. The van der Waals surface area contributed by atoms with Gasteiger partial charge >= 0.3 is 0 Å². The zero-order valence-corrected chi connectivity index (χ0v) is 17.5. The predicted molar refractivity (Wildman–Crippen MR) is 111 cm³/mol. The van der Waals surface area contributed by atoms with E-state index in [0.29, 0.717) is 35.8 Å². The van der Waals surface area contributed by atoms with E-state index < -0.39 is 0 Å². The lowest BCUT2D eigenvalue weighted by Crippen LogP contribution is -3.28. The lowest BCUT2D eigenvalue weighted by atomic mass is 9.86. The molecule has 4 N–H and O–H groups in total. The second-order valence-corrected chi connectivity index (χ2v) is 8.72. The monoisotopic (exact) mass is 408 g/mol. The van der Waals surface area contributed by atoms with Crippen molar-refractivity contribution in [3.05, 3.63) is 29.3 Å². The first kappa shape index (κ1) is 21.1. The first-order valence-electron chi connectivity index (χ1n) is 10.5. The first-order chi connectivity index (χ1) is 13.5. The quantitative estimate of drug-likeness (QED) is 0.524. The summed E-state index contributed by atoms with van der Waals surface area (Å²) in [6.07, 6.45) is 4.84. The van der Waals surface area contributed by atoms with Crippen LogP contribution in [0.15, 0.2) is 24.3 Å². The van der Waals surface area contributed by atoms with Gasteiger partial charge in [-0.15, -0.1) is 0 Å². The fourth-order valence-electron chi connectivity index (χ4n) is 4.31. The molecule has 2 fully saturated rings. The number of anilines is 1. The average Bonchev–Trinajstić information content (AvgIpc) is 2.67. The summed E-state index contributed by atoms with van der Waals surface area (Å²) in [5.74, 6) is 0.745. The van der Waals surface area contributed by atoms with Crippen LogP contribution < -0.4 is 20.4 Å². The summed E-state index contributed by atoms with van der Waals surface area (Å²) in [5, 5.41) is 6.69. The predicted octanol–water partition coefficient (Wildman–Crippen LogP) is -0.243. The molecule has 0 radical (unpaired) electrons. The van der Waals surface area contributed by atoms with Crippen molar-refractivity contribution in [2.45, 2.75) is 38.6 Å². The Bertz CT molecular complexity index is 676. The van der Waals surface area contributed by atoms with Gasteiger partial charge in [-0.25, -0.2) is 0 Å². The van der Waals surface area contributed by atoms with Crippen LogP contribution in [0.4, 0.5) is 5.69 Å². The molecule has 3 rings (SSSR count). The molecule has 1 aromatic carbocycles. The highest BCUT2D eigenvalue weighted by Crippen LogP contribution is 2.23. The number of carbonyl (C=O) groups is 2. The second-order valence-electron chi connectivity index (χ2n) is 8.32. The molecule has 0 aromatic heterocycles. The van der Waals surface area contributed by atoms with Gasteiger partial charge in [0.1, 0.15) is 26.2 Å². The Morgan fingerprint density at radius 1 is 1.00 bits per heavy atom. The Labute approximate surface area is 172 Å². The fraction of sp³-hybridized carbons (Fsp3) is 0.619. The number of nitrogens with one attached hydrogen (secondary N) is 4. The smallest absolute Gasteiger partial charge is 0.279 e. The summed E-state index contributed by atoms with van der Waals surface area (Å²) in [6, 6.07) is 7.63. The number of para-hydroxylation sites is 1. The second kappa shape index (κ2) is 10.2. The molecule has 1 heterocycles. The van der Waals surface area contributed by atoms with Gasteiger partial charge in [0.15, 0.2) is 13.1 Å². The van der Waals surface area contributed by atoms with E-state index >= 15 is 0 Å². The van der Waals surface area contributed by atoms with Crippen LogP contribution in [0.2, 0.25) is 5.02 Å². The van der Waals surface area contributed by atoms with Crippen LogP contribution in [-0.4, -0.2) is 57.1 Å². The molecule has 0 spiro atoms. The maximum Gasteiger partial charge on any atom is 0.279 e. The molecule has 0 bridgehead atoms. The molecule has 2 atom stereocenters. The summed E-state index contributed by atoms with van der Waals surface area (Å²) in [7, 11) is 0. The number of halogens is 1. The van der Waals surface area contributed by atoms with Gasteiger partial charge in [-0.05, 0) is 30.9 Å². The Balaban J connectivity index is 1.36. The first-order valence-corrected chi connectivity index (χ1v) is 10.9. The molecule has 0 unspecified atom stereocenters. The Morgan fingerprint density at radius 2 is 1.61 bits per heavy atom. The van der Waals surface area contributed by atoms with Crippen LogP contribution >= 0.6 is 11.6 Å². The zero-order valence-electron chi connectivity index (χ0n) is 16.7. The van der Waals surface area contributed by atoms with Crippen LogP contribution in [0.25, 0.3) is 0 Å². The molecule has 6 nitrogen and oxygen atoms in total. The van der Waals surface area contributed by atoms with Crippen LogP contribution in [0.5, 0.6) is 0 Å². The SMILES string of the molecule is C[C@H]1CCCC[C@H]1NC(=O)C[NH+]1CC[NH+](CC(=O)Nc2ccccc2Cl)CC1. The van der Waals surface area contributed by atoms with E-state index in [4.69, 9.17) is 11.6 Å². The highest BCUT2D eigenvalue weighted by Gasteiger charge is 2.28. The lowest BCUT2D eigenvalue weighted by molar-refractivity contribution is -1.00. The van der Waals surface area contributed by atoms with Gasteiger partial charge in [-0.1, -0.05) is 43.5 Å². The molecule has 1 aliphatic heterocycles. The van der Waals surface area contributed by atoms with E-state index in [1.165, 1.54) is 29.1 Å². The number of amides is 2. The highest BCUT2D eigenvalue weighted by atomic mass is 35.5. The van der Waals surface area contributed by atoms with E-state index in [2.05, 4.69) is 17.6 Å². The molecule has 1 aliphatic carbocycles. The van der Waals surface area contributed by atoms with Crippen molar-refractivity contribution >= 4 is 29.1 Å². The number of quaternary nitrogens is 2. The third kappa shape index (κ3) is 6.19. The molecule has 154 valence electrons. The normalized spacial score (nSPS) is 27.8. The van der Waals surface area contributed by atoms with E-state index in [9.17, 15) is 9.59 Å². The molecule has 1 aromatic rings. The van der Waals surface area contributed by atoms with Gasteiger partial charge in [0.25, 0.3) is 11.8 Å². The Morgan fingerprint density at radius 3 is 2.25 bits per heavy atom. The molecule has 7 heteroatoms. The van der Waals surface area contributed by atoms with Crippen molar-refractivity contribution in [3.63, 3.8) is 0 Å². The third-order valence-corrected chi connectivity index (χ3v) is 6.42. The van der Waals surface area contributed by atoms with E-state index in [1.807, 2.05) is 18.2 Å². The standard InChI is InChI=1S/C21H31ClN4O2/c1-16-6-2-4-8-18(16)23-20(27)14-25-10-12-26(13-11-25)15-21(28)24-19-9-5-3-7-17(19)22/h3,5,7,9,16,18H,2,4,6,8,10-15H2,1H3,(H,23,27)(H,24,28)/p+2/t16-,18+/m0/s1. The van der Waals surface area contributed by atoms with Crippen molar-refractivity contribution < 1.29 is 19.4 Å². The summed E-state index contributed by atoms with van der Waals surface area (Å²) in [5.41, 5.74) is 0.659. The average molecular weight is 409 g/mol. The number of hydrogen-bond acceptors (Lipinski definition) is 2. The van der Waals surface area contributed by atoms with Gasteiger partial charge in [0.05, 0.1) is 10.7 Å². The molecule has 28 heavy (non-hydrogen) atoms. The van der Waals surface area contributed by atoms with Gasteiger partial charge in [-0.2, -0.15) is 0 Å². The minimum Gasteiger partial charge on any atom is -0.348 e. The van der Waals surface area contributed by atoms with Gasteiger partial charge < -0.3 is 20.4 Å². The molecule has 1 saturated heterocycles. The van der Waals surface area contributed by atoms with Crippen molar-refractivity contribution in [2.24, 2.45) is 5.92 Å². The van der Waals surface area contributed by atoms with Crippen LogP contribution in [0.1, 0.15) is 32.6 Å². The van der Waals surface area contributed by atoms with Crippen molar-refractivity contribution in [1.29, 1.82) is 0 Å². The lowest BCUT2D eigenvalue weighted by Gasteiger charge is -2.31. The van der Waals surface area contributed by atoms with Crippen molar-refractivity contribution in [3.8, 4) is 0 Å². The molecule has 2 aliphatic rings. The number of carbonyl (C=O) groups excluding carboxylic acids is 2. The number of rotatable bonds is 6. The molecular weight excluding hydrogens is 376 g/mol. The van der Waals surface area contributed by atoms with E-state index in [0.717, 1.165) is 32.6 Å². The summed E-state index contributed by atoms with van der Waals surface area (Å²) < 4.78 is 0. The van der Waals surface area contributed by atoms with Crippen LogP contribution in [-0.2, 0) is 9.59 Å². The van der Waals surface area contributed by atoms with Crippen LogP contribution in [0, 0.1) is 5.92 Å². The maximum absolute atomic E-state index is 12.4. The number of piperazine rings is 1. The van der Waals surface area contributed by atoms with E-state index in [-0.39, 0.29) is 11.8 Å². The van der Waals surface area contributed by atoms with E-state index in [1.54, 1.807) is 6.07 Å². The summed E-state index contributed by atoms with van der Waals surface area (Å²) in [6.45, 7) is 6.86. The van der Waals surface area contributed by atoms with Gasteiger partial charge in [0, 0.05) is 6.04 Å². The Hall–Kier alpha value is -1.63. The number of benzene rings is 1. The molecule has 2 amide bonds. The van der Waals surface area contributed by atoms with Gasteiger partial charge in [0.2, 0.25) is 0 Å². The van der Waals surface area contributed by atoms with Gasteiger partial charge in [-0.3, -0.25) is 9.59 Å². The third-order valence-electron chi connectivity index (χ3n) is 6.09. The Kier molecular flexibility index (Phi) is 7.71. The molecule has 1 saturated carbocycles. The summed E-state index contributed by atoms with van der Waals surface area (Å²) >= 11 is 6.09. The molecular formula is C21H33ClN4O2+2. The van der Waals surface area contributed by atoms with Crippen molar-refractivity contribution in [2.75, 3.05) is 44.6 Å². The number of hydrogen-bond donors (Lipinski definition) is 4. The van der Waals surface area contributed by atoms with Crippen LogP contribution in [0.3, 0.4) is 0 Å². The minimum absolute atomic E-state index is 0.0180. The van der Waals surface area contributed by atoms with Crippen molar-refractivity contribution in [1.82, 2.24) is 5.32 Å².